The first kappa shape index (κ1) is 13.7. The van der Waals surface area contributed by atoms with Crippen LogP contribution in [0.3, 0.4) is 0 Å². The summed E-state index contributed by atoms with van der Waals surface area (Å²) < 4.78 is 6.41. The summed E-state index contributed by atoms with van der Waals surface area (Å²) in [4.78, 5) is 11.6. The van der Waals surface area contributed by atoms with Crippen LogP contribution < -0.4 is 10.9 Å². The molecule has 17 heavy (non-hydrogen) atoms. The van der Waals surface area contributed by atoms with Crippen molar-refractivity contribution in [2.24, 2.45) is 0 Å². The zero-order chi connectivity index (χ0) is 12.7. The molecule has 0 saturated heterocycles. The van der Waals surface area contributed by atoms with E-state index in [2.05, 4.69) is 10.4 Å². The molecule has 6 nitrogen and oxygen atoms in total. The van der Waals surface area contributed by atoms with Crippen LogP contribution in [0.15, 0.2) is 17.1 Å². The van der Waals surface area contributed by atoms with Gasteiger partial charge in [-0.3, -0.25) is 4.79 Å². The number of rotatable bonds is 7. The topological polar surface area (TPSA) is 76.4 Å². The predicted octanol–water partition coefficient (Wildman–Crippen LogP) is 0.0725. The SMILES string of the molecule is CC(C)Nc1cnn(CCOCCO)c(=O)c1. The van der Waals surface area contributed by atoms with E-state index in [1.807, 2.05) is 13.8 Å². The lowest BCUT2D eigenvalue weighted by molar-refractivity contribution is 0.0847. The predicted molar refractivity (Wildman–Crippen MR) is 65.2 cm³/mol. The Balaban J connectivity index is 2.54. The lowest BCUT2D eigenvalue weighted by Crippen LogP contribution is -2.25. The largest absolute Gasteiger partial charge is 0.394 e. The highest BCUT2D eigenvalue weighted by atomic mass is 16.5. The molecule has 0 atom stereocenters. The van der Waals surface area contributed by atoms with E-state index in [4.69, 9.17) is 9.84 Å². The summed E-state index contributed by atoms with van der Waals surface area (Å²) in [6.07, 6.45) is 1.62. The van der Waals surface area contributed by atoms with Crippen molar-refractivity contribution in [2.45, 2.75) is 26.4 Å². The van der Waals surface area contributed by atoms with Crippen LogP contribution in [0.5, 0.6) is 0 Å². The maximum atomic E-state index is 11.6. The number of nitrogens with one attached hydrogen (secondary N) is 1. The Hall–Kier alpha value is -1.40. The maximum Gasteiger partial charge on any atom is 0.268 e. The third kappa shape index (κ3) is 4.97. The van der Waals surface area contributed by atoms with Gasteiger partial charge in [0, 0.05) is 12.1 Å². The minimum Gasteiger partial charge on any atom is -0.394 e. The molecule has 1 rings (SSSR count). The van der Waals surface area contributed by atoms with Gasteiger partial charge in [-0.25, -0.2) is 4.68 Å². The van der Waals surface area contributed by atoms with E-state index in [9.17, 15) is 4.79 Å². The minimum absolute atomic E-state index is 0.0143. The average Bonchev–Trinajstić information content (AvgIpc) is 2.26. The lowest BCUT2D eigenvalue weighted by Gasteiger charge is -2.10. The van der Waals surface area contributed by atoms with Gasteiger partial charge in [-0.2, -0.15) is 5.10 Å². The molecule has 6 heteroatoms. The number of ether oxygens (including phenoxy) is 1. The van der Waals surface area contributed by atoms with Crippen molar-refractivity contribution in [3.05, 3.63) is 22.6 Å². The van der Waals surface area contributed by atoms with Gasteiger partial charge in [-0.1, -0.05) is 0 Å². The molecule has 2 N–H and O–H groups in total. The van der Waals surface area contributed by atoms with Gasteiger partial charge in [-0.05, 0) is 13.8 Å². The molecule has 0 spiro atoms. The second-order valence-corrected chi connectivity index (χ2v) is 3.94. The third-order valence-electron chi connectivity index (χ3n) is 2.01. The van der Waals surface area contributed by atoms with Gasteiger partial charge in [0.25, 0.3) is 5.56 Å². The molecule has 0 amide bonds. The third-order valence-corrected chi connectivity index (χ3v) is 2.01. The van der Waals surface area contributed by atoms with Crippen LogP contribution in [0.2, 0.25) is 0 Å². The van der Waals surface area contributed by atoms with Crippen LogP contribution >= 0.6 is 0 Å². The molecule has 0 bridgehead atoms. The molecule has 0 saturated carbocycles. The van der Waals surface area contributed by atoms with Gasteiger partial charge in [0.2, 0.25) is 0 Å². The minimum atomic E-state index is -0.164. The van der Waals surface area contributed by atoms with Crippen LogP contribution in [0, 0.1) is 0 Å². The van der Waals surface area contributed by atoms with Crippen LogP contribution in [0.4, 0.5) is 5.69 Å². The fourth-order valence-corrected chi connectivity index (χ4v) is 1.33. The molecule has 0 aromatic carbocycles. The Morgan fingerprint density at radius 3 is 2.88 bits per heavy atom. The first-order valence-electron chi connectivity index (χ1n) is 5.66. The van der Waals surface area contributed by atoms with E-state index in [-0.39, 0.29) is 24.8 Å². The van der Waals surface area contributed by atoms with Gasteiger partial charge in [0.05, 0.1) is 38.2 Å². The zero-order valence-corrected chi connectivity index (χ0v) is 10.2. The van der Waals surface area contributed by atoms with Crippen molar-refractivity contribution < 1.29 is 9.84 Å². The molecule has 0 aliphatic carbocycles. The number of aliphatic hydroxyl groups excluding tert-OH is 1. The van der Waals surface area contributed by atoms with Crippen molar-refractivity contribution in [3.8, 4) is 0 Å². The second-order valence-electron chi connectivity index (χ2n) is 3.94. The van der Waals surface area contributed by atoms with Crippen LogP contribution in [-0.2, 0) is 11.3 Å². The van der Waals surface area contributed by atoms with Crippen LogP contribution in [0.25, 0.3) is 0 Å². The summed E-state index contributed by atoms with van der Waals surface area (Å²) in [5.41, 5.74) is 0.556. The molecular formula is C11H19N3O3. The van der Waals surface area contributed by atoms with E-state index in [1.54, 1.807) is 6.20 Å². The Morgan fingerprint density at radius 2 is 2.29 bits per heavy atom. The first-order valence-corrected chi connectivity index (χ1v) is 5.66. The maximum absolute atomic E-state index is 11.6. The summed E-state index contributed by atoms with van der Waals surface area (Å²) in [5.74, 6) is 0. The number of aliphatic hydroxyl groups is 1. The van der Waals surface area contributed by atoms with Crippen molar-refractivity contribution in [1.29, 1.82) is 0 Å². The highest BCUT2D eigenvalue weighted by molar-refractivity contribution is 5.39. The normalized spacial score (nSPS) is 10.8. The molecule has 0 fully saturated rings. The Bertz CT molecular complexity index is 390. The van der Waals surface area contributed by atoms with Crippen molar-refractivity contribution in [3.63, 3.8) is 0 Å². The highest BCUT2D eigenvalue weighted by Gasteiger charge is 2.01. The summed E-state index contributed by atoms with van der Waals surface area (Å²) in [6.45, 7) is 5.01. The number of aromatic nitrogens is 2. The van der Waals surface area contributed by atoms with E-state index in [0.29, 0.717) is 13.2 Å². The van der Waals surface area contributed by atoms with Gasteiger partial charge < -0.3 is 15.2 Å². The van der Waals surface area contributed by atoms with Crippen LogP contribution in [-0.4, -0.2) is 40.7 Å². The summed E-state index contributed by atoms with van der Waals surface area (Å²) in [6, 6.07) is 1.78. The van der Waals surface area contributed by atoms with E-state index in [1.165, 1.54) is 10.7 Å². The summed E-state index contributed by atoms with van der Waals surface area (Å²) >= 11 is 0. The summed E-state index contributed by atoms with van der Waals surface area (Å²) in [7, 11) is 0. The Morgan fingerprint density at radius 1 is 1.53 bits per heavy atom. The Labute approximate surface area is 100 Å². The molecule has 0 aliphatic heterocycles. The van der Waals surface area contributed by atoms with Crippen molar-refractivity contribution >= 4 is 5.69 Å². The summed E-state index contributed by atoms with van der Waals surface area (Å²) in [5, 5.41) is 15.7. The molecule has 1 heterocycles. The monoisotopic (exact) mass is 241 g/mol. The van der Waals surface area contributed by atoms with Crippen molar-refractivity contribution in [1.82, 2.24) is 9.78 Å². The average molecular weight is 241 g/mol. The zero-order valence-electron chi connectivity index (χ0n) is 10.2. The molecule has 1 aromatic heterocycles. The number of anilines is 1. The number of hydrogen-bond acceptors (Lipinski definition) is 5. The fraction of sp³-hybridized carbons (Fsp3) is 0.636. The standard InChI is InChI=1S/C11H19N3O3/c1-9(2)13-10-7-11(16)14(12-8-10)3-5-17-6-4-15/h7-9,13,15H,3-6H2,1-2H3. The molecule has 1 aromatic rings. The molecule has 96 valence electrons. The lowest BCUT2D eigenvalue weighted by atomic mass is 10.3. The van der Waals surface area contributed by atoms with E-state index < -0.39 is 0 Å². The number of nitrogens with zero attached hydrogens (tertiary/aromatic N) is 2. The molecule has 0 unspecified atom stereocenters. The first-order chi connectivity index (χ1) is 8.13. The van der Waals surface area contributed by atoms with Crippen LogP contribution in [0.1, 0.15) is 13.8 Å². The quantitative estimate of drug-likeness (QED) is 0.661. The fourth-order valence-electron chi connectivity index (χ4n) is 1.33. The van der Waals surface area contributed by atoms with Gasteiger partial charge in [0.1, 0.15) is 0 Å². The van der Waals surface area contributed by atoms with Gasteiger partial charge in [0.15, 0.2) is 0 Å². The van der Waals surface area contributed by atoms with E-state index in [0.717, 1.165) is 5.69 Å². The second kappa shape index (κ2) is 7.03. The molecule has 0 radical (unpaired) electrons. The van der Waals surface area contributed by atoms with Gasteiger partial charge >= 0.3 is 0 Å². The van der Waals surface area contributed by atoms with Gasteiger partial charge in [-0.15, -0.1) is 0 Å². The molecular weight excluding hydrogens is 222 g/mol. The van der Waals surface area contributed by atoms with E-state index >= 15 is 0 Å². The molecule has 0 aliphatic rings. The number of hydrogen-bond donors (Lipinski definition) is 2. The smallest absolute Gasteiger partial charge is 0.268 e. The van der Waals surface area contributed by atoms with Crippen molar-refractivity contribution in [2.75, 3.05) is 25.1 Å². The Kier molecular flexibility index (Phi) is 5.65. The highest BCUT2D eigenvalue weighted by Crippen LogP contribution is 2.01.